The monoisotopic (exact) mass is 361 g/mol. The van der Waals surface area contributed by atoms with Crippen molar-refractivity contribution in [3.63, 3.8) is 0 Å². The van der Waals surface area contributed by atoms with Crippen LogP contribution in [0.4, 0.5) is 5.69 Å². The van der Waals surface area contributed by atoms with Crippen LogP contribution in [0.2, 0.25) is 10.0 Å². The molecule has 124 valence electrons. The summed E-state index contributed by atoms with van der Waals surface area (Å²) in [6.07, 6.45) is 3.48. The number of carbonyl (C=O) groups is 1. The quantitative estimate of drug-likeness (QED) is 0.697. The third kappa shape index (κ3) is 2.99. The van der Waals surface area contributed by atoms with E-state index in [4.69, 9.17) is 23.2 Å². The largest absolute Gasteiger partial charge is 0.319 e. The average molecular weight is 362 g/mol. The minimum atomic E-state index is -0.249. The van der Waals surface area contributed by atoms with Crippen molar-refractivity contribution in [1.82, 2.24) is 9.38 Å². The molecule has 3 aromatic rings. The number of rotatable bonds is 4. The third-order valence-electron chi connectivity index (χ3n) is 3.82. The first-order valence-electron chi connectivity index (χ1n) is 7.74. The first-order valence-corrected chi connectivity index (χ1v) is 8.50. The van der Waals surface area contributed by atoms with Gasteiger partial charge in [0.1, 0.15) is 11.3 Å². The lowest BCUT2D eigenvalue weighted by atomic mass is 10.2. The summed E-state index contributed by atoms with van der Waals surface area (Å²) in [5, 5.41) is 3.58. The van der Waals surface area contributed by atoms with Crippen molar-refractivity contribution in [2.75, 3.05) is 5.32 Å². The summed E-state index contributed by atoms with van der Waals surface area (Å²) in [5.74, 6) is -0.249. The predicted molar refractivity (Wildman–Crippen MR) is 98.3 cm³/mol. The standard InChI is InChI=1S/C18H17Cl2N3O/c1-3-6-14-16(23-10-5-7-11(2)17(23)21-14)18(24)22-13-9-4-8-12(19)15(13)20/h4-5,7-10H,3,6H2,1-2H3,(H,22,24). The van der Waals surface area contributed by atoms with Gasteiger partial charge in [-0.05, 0) is 37.1 Å². The molecule has 0 unspecified atom stereocenters. The van der Waals surface area contributed by atoms with Crippen molar-refractivity contribution in [3.05, 3.63) is 63.5 Å². The van der Waals surface area contributed by atoms with Gasteiger partial charge >= 0.3 is 0 Å². The molecule has 0 atom stereocenters. The zero-order valence-corrected chi connectivity index (χ0v) is 14.9. The first kappa shape index (κ1) is 16.8. The number of benzene rings is 1. The maximum Gasteiger partial charge on any atom is 0.274 e. The van der Waals surface area contributed by atoms with Crippen LogP contribution in [0.1, 0.15) is 35.1 Å². The van der Waals surface area contributed by atoms with Crippen LogP contribution >= 0.6 is 23.2 Å². The van der Waals surface area contributed by atoms with E-state index in [1.807, 2.05) is 29.7 Å². The third-order valence-corrected chi connectivity index (χ3v) is 4.64. The van der Waals surface area contributed by atoms with Crippen molar-refractivity contribution in [2.24, 2.45) is 0 Å². The Morgan fingerprint density at radius 2 is 2.04 bits per heavy atom. The molecular formula is C18H17Cl2N3O. The van der Waals surface area contributed by atoms with Gasteiger partial charge in [-0.1, -0.05) is 48.7 Å². The molecule has 0 bridgehead atoms. The second kappa shape index (κ2) is 6.83. The van der Waals surface area contributed by atoms with Crippen molar-refractivity contribution in [1.29, 1.82) is 0 Å². The number of carbonyl (C=O) groups excluding carboxylic acids is 1. The fourth-order valence-electron chi connectivity index (χ4n) is 2.68. The molecule has 4 nitrogen and oxygen atoms in total. The highest BCUT2D eigenvalue weighted by Crippen LogP contribution is 2.30. The molecule has 0 spiro atoms. The number of hydrogen-bond acceptors (Lipinski definition) is 2. The van der Waals surface area contributed by atoms with Crippen LogP contribution in [-0.4, -0.2) is 15.3 Å². The Kier molecular flexibility index (Phi) is 4.78. The molecule has 1 aromatic carbocycles. The average Bonchev–Trinajstić information content (AvgIpc) is 2.92. The number of hydrogen-bond donors (Lipinski definition) is 1. The van der Waals surface area contributed by atoms with Crippen LogP contribution in [0, 0.1) is 6.92 Å². The van der Waals surface area contributed by atoms with E-state index in [0.717, 1.165) is 29.7 Å². The minimum Gasteiger partial charge on any atom is -0.319 e. The van der Waals surface area contributed by atoms with E-state index in [9.17, 15) is 4.79 Å². The number of aromatic nitrogens is 2. The number of aryl methyl sites for hydroxylation is 2. The highest BCUT2D eigenvalue weighted by atomic mass is 35.5. The number of nitrogens with zero attached hydrogens (tertiary/aromatic N) is 2. The first-order chi connectivity index (χ1) is 11.5. The number of amides is 1. The lowest BCUT2D eigenvalue weighted by molar-refractivity contribution is 0.102. The highest BCUT2D eigenvalue weighted by molar-refractivity contribution is 6.44. The number of nitrogens with one attached hydrogen (secondary N) is 1. The van der Waals surface area contributed by atoms with Gasteiger partial charge in [0.25, 0.3) is 5.91 Å². The fraction of sp³-hybridized carbons (Fsp3) is 0.222. The molecule has 1 amide bonds. The molecule has 0 fully saturated rings. The summed E-state index contributed by atoms with van der Waals surface area (Å²) in [6.45, 7) is 4.04. The Balaban J connectivity index is 2.07. The van der Waals surface area contributed by atoms with Crippen molar-refractivity contribution < 1.29 is 4.79 Å². The summed E-state index contributed by atoms with van der Waals surface area (Å²) in [4.78, 5) is 17.5. The number of pyridine rings is 1. The molecule has 2 aromatic heterocycles. The predicted octanol–water partition coefficient (Wildman–Crippen LogP) is 5.15. The number of fused-ring (bicyclic) bond motifs is 1. The Morgan fingerprint density at radius 3 is 2.79 bits per heavy atom. The molecule has 24 heavy (non-hydrogen) atoms. The zero-order valence-electron chi connectivity index (χ0n) is 13.4. The van der Waals surface area contributed by atoms with Gasteiger partial charge < -0.3 is 5.32 Å². The van der Waals surface area contributed by atoms with Crippen LogP contribution in [0.15, 0.2) is 36.5 Å². The van der Waals surface area contributed by atoms with Gasteiger partial charge in [-0.25, -0.2) is 4.98 Å². The van der Waals surface area contributed by atoms with Crippen molar-refractivity contribution >= 4 is 40.4 Å². The van der Waals surface area contributed by atoms with Gasteiger partial charge in [0.05, 0.1) is 21.4 Å². The summed E-state index contributed by atoms with van der Waals surface area (Å²) < 4.78 is 1.83. The molecule has 0 aliphatic rings. The maximum absolute atomic E-state index is 12.9. The lowest BCUT2D eigenvalue weighted by Gasteiger charge is -2.09. The van der Waals surface area contributed by atoms with Gasteiger partial charge in [-0.15, -0.1) is 0 Å². The summed E-state index contributed by atoms with van der Waals surface area (Å²) in [5.41, 5.74) is 3.62. The SMILES string of the molecule is CCCc1nc2c(C)cccn2c1C(=O)Nc1cccc(Cl)c1Cl. The van der Waals surface area contributed by atoms with Gasteiger partial charge in [0.15, 0.2) is 0 Å². The summed E-state index contributed by atoms with van der Waals surface area (Å²) in [7, 11) is 0. The van der Waals surface area contributed by atoms with Gasteiger partial charge in [0.2, 0.25) is 0 Å². The Morgan fingerprint density at radius 1 is 1.25 bits per heavy atom. The lowest BCUT2D eigenvalue weighted by Crippen LogP contribution is -2.16. The fourth-order valence-corrected chi connectivity index (χ4v) is 3.03. The molecule has 2 heterocycles. The molecule has 0 radical (unpaired) electrons. The van der Waals surface area contributed by atoms with Crippen LogP contribution in [0.5, 0.6) is 0 Å². The van der Waals surface area contributed by atoms with Crippen molar-refractivity contribution in [2.45, 2.75) is 26.7 Å². The number of halogens is 2. The smallest absolute Gasteiger partial charge is 0.274 e. The van der Waals surface area contributed by atoms with Crippen LogP contribution in [0.25, 0.3) is 5.65 Å². The maximum atomic E-state index is 12.9. The van der Waals surface area contributed by atoms with E-state index in [1.165, 1.54) is 0 Å². The van der Waals surface area contributed by atoms with Crippen LogP contribution in [-0.2, 0) is 6.42 Å². The Labute approximate surface area is 150 Å². The molecule has 3 rings (SSSR count). The van der Waals surface area contributed by atoms with Gasteiger partial charge in [-0.2, -0.15) is 0 Å². The highest BCUT2D eigenvalue weighted by Gasteiger charge is 2.20. The molecule has 0 saturated heterocycles. The molecular weight excluding hydrogens is 345 g/mol. The number of imidazole rings is 1. The normalized spacial score (nSPS) is 11.0. The Bertz CT molecular complexity index is 918. The Hall–Kier alpha value is -2.04. The van der Waals surface area contributed by atoms with E-state index in [2.05, 4.69) is 17.2 Å². The van der Waals surface area contributed by atoms with E-state index in [1.54, 1.807) is 18.2 Å². The topological polar surface area (TPSA) is 46.4 Å². The molecule has 6 heteroatoms. The van der Waals surface area contributed by atoms with E-state index in [0.29, 0.717) is 21.4 Å². The van der Waals surface area contributed by atoms with Gasteiger partial charge in [0, 0.05) is 6.20 Å². The molecule has 0 aliphatic carbocycles. The minimum absolute atomic E-state index is 0.249. The van der Waals surface area contributed by atoms with E-state index >= 15 is 0 Å². The van der Waals surface area contributed by atoms with Crippen LogP contribution in [0.3, 0.4) is 0 Å². The van der Waals surface area contributed by atoms with Gasteiger partial charge in [-0.3, -0.25) is 9.20 Å². The molecule has 0 aliphatic heterocycles. The van der Waals surface area contributed by atoms with E-state index in [-0.39, 0.29) is 5.91 Å². The molecule has 0 saturated carbocycles. The number of anilines is 1. The second-order valence-electron chi connectivity index (χ2n) is 5.60. The zero-order chi connectivity index (χ0) is 17.3. The van der Waals surface area contributed by atoms with Crippen LogP contribution < -0.4 is 5.32 Å². The second-order valence-corrected chi connectivity index (χ2v) is 6.38. The summed E-state index contributed by atoms with van der Waals surface area (Å²) in [6, 6.07) is 9.03. The molecule has 1 N–H and O–H groups in total. The van der Waals surface area contributed by atoms with Crippen molar-refractivity contribution in [3.8, 4) is 0 Å². The summed E-state index contributed by atoms with van der Waals surface area (Å²) >= 11 is 12.2. The van der Waals surface area contributed by atoms with E-state index < -0.39 is 0 Å².